The zero-order valence-corrected chi connectivity index (χ0v) is 11.5. The Balaban J connectivity index is 1.88. The minimum atomic E-state index is -0.321. The monoisotopic (exact) mass is 259 g/mol. The van der Waals surface area contributed by atoms with Crippen LogP contribution < -0.4 is 0 Å². The quantitative estimate of drug-likeness (QED) is 0.832. The van der Waals surface area contributed by atoms with Crippen molar-refractivity contribution in [1.82, 2.24) is 4.90 Å². The summed E-state index contributed by atoms with van der Waals surface area (Å²) >= 11 is 0. The Morgan fingerprint density at radius 1 is 1.32 bits per heavy atom. The molecule has 0 aromatic heterocycles. The van der Waals surface area contributed by atoms with Crippen LogP contribution in [0, 0.1) is 0 Å². The maximum absolute atomic E-state index is 12.1. The number of carbonyl (C=O) groups excluding carboxylic acids is 1. The number of nitrogens with zero attached hydrogens (tertiary/aromatic N) is 1. The standard InChI is InChI=1S/C16H21NO2/c1-2-16(12-13-8-4-3-5-9-13)14-10-6-7-11-17(14)15(18)19-16/h3-5,8-9,14H,2,6-7,10-12H2,1H3. The maximum Gasteiger partial charge on any atom is 0.410 e. The van der Waals surface area contributed by atoms with Crippen LogP contribution in [0.15, 0.2) is 30.3 Å². The second kappa shape index (κ2) is 4.87. The molecule has 0 N–H and O–H groups in total. The highest BCUT2D eigenvalue weighted by Crippen LogP contribution is 2.40. The van der Waals surface area contributed by atoms with Crippen LogP contribution >= 0.6 is 0 Å². The molecule has 19 heavy (non-hydrogen) atoms. The van der Waals surface area contributed by atoms with Crippen LogP contribution in [0.25, 0.3) is 0 Å². The molecule has 0 spiro atoms. The van der Waals surface area contributed by atoms with Crippen molar-refractivity contribution in [2.75, 3.05) is 6.54 Å². The van der Waals surface area contributed by atoms with Crippen LogP contribution in [0.4, 0.5) is 4.79 Å². The molecule has 2 aliphatic rings. The highest BCUT2D eigenvalue weighted by Gasteiger charge is 2.53. The van der Waals surface area contributed by atoms with Gasteiger partial charge in [-0.2, -0.15) is 0 Å². The first-order valence-corrected chi connectivity index (χ1v) is 7.29. The Morgan fingerprint density at radius 2 is 2.11 bits per heavy atom. The van der Waals surface area contributed by atoms with E-state index in [1.54, 1.807) is 0 Å². The summed E-state index contributed by atoms with van der Waals surface area (Å²) in [5, 5.41) is 0. The zero-order chi connectivity index (χ0) is 13.3. The van der Waals surface area contributed by atoms with E-state index in [1.165, 1.54) is 12.0 Å². The molecule has 0 saturated carbocycles. The van der Waals surface area contributed by atoms with Gasteiger partial charge in [0.1, 0.15) is 5.60 Å². The summed E-state index contributed by atoms with van der Waals surface area (Å²) in [5.41, 5.74) is 0.934. The molecule has 102 valence electrons. The molecule has 3 nitrogen and oxygen atoms in total. The van der Waals surface area contributed by atoms with Crippen LogP contribution in [-0.4, -0.2) is 29.2 Å². The summed E-state index contributed by atoms with van der Waals surface area (Å²) in [6.07, 6.45) is 4.99. The SMILES string of the molecule is CCC1(Cc2ccccc2)OC(=O)N2CCCCC21. The van der Waals surface area contributed by atoms with E-state index in [0.29, 0.717) is 0 Å². The molecule has 0 bridgehead atoms. The number of amides is 1. The third-order valence-electron chi connectivity index (χ3n) is 4.58. The van der Waals surface area contributed by atoms with E-state index in [2.05, 4.69) is 19.1 Å². The van der Waals surface area contributed by atoms with Crippen LogP contribution in [0.1, 0.15) is 38.2 Å². The predicted molar refractivity (Wildman–Crippen MR) is 74.0 cm³/mol. The van der Waals surface area contributed by atoms with Gasteiger partial charge in [0.05, 0.1) is 6.04 Å². The summed E-state index contributed by atoms with van der Waals surface area (Å²) in [4.78, 5) is 14.0. The van der Waals surface area contributed by atoms with Gasteiger partial charge in [-0.3, -0.25) is 0 Å². The molecule has 2 unspecified atom stereocenters. The zero-order valence-electron chi connectivity index (χ0n) is 11.5. The Morgan fingerprint density at radius 3 is 2.84 bits per heavy atom. The van der Waals surface area contributed by atoms with E-state index in [-0.39, 0.29) is 17.7 Å². The first kappa shape index (κ1) is 12.5. The molecular formula is C16H21NO2. The molecule has 2 heterocycles. The number of benzene rings is 1. The molecule has 2 aliphatic heterocycles. The van der Waals surface area contributed by atoms with Crippen LogP contribution in [0.3, 0.4) is 0 Å². The fourth-order valence-corrected chi connectivity index (χ4v) is 3.53. The number of rotatable bonds is 3. The summed E-state index contributed by atoms with van der Waals surface area (Å²) in [6, 6.07) is 10.6. The Bertz CT molecular complexity index is 459. The van der Waals surface area contributed by atoms with E-state index in [0.717, 1.165) is 32.2 Å². The fraction of sp³-hybridized carbons (Fsp3) is 0.562. The lowest BCUT2D eigenvalue weighted by Gasteiger charge is -2.36. The minimum absolute atomic E-state index is 0.109. The first-order chi connectivity index (χ1) is 9.25. The van der Waals surface area contributed by atoms with Crippen molar-refractivity contribution >= 4 is 6.09 Å². The molecule has 2 atom stereocenters. The molecule has 1 aromatic carbocycles. The highest BCUT2D eigenvalue weighted by atomic mass is 16.6. The van der Waals surface area contributed by atoms with Crippen molar-refractivity contribution in [3.05, 3.63) is 35.9 Å². The second-order valence-corrected chi connectivity index (χ2v) is 5.65. The molecule has 0 aliphatic carbocycles. The van der Waals surface area contributed by atoms with E-state index in [1.807, 2.05) is 23.1 Å². The number of ether oxygens (including phenoxy) is 1. The summed E-state index contributed by atoms with van der Waals surface area (Å²) in [5.74, 6) is 0. The second-order valence-electron chi connectivity index (χ2n) is 5.65. The molecule has 1 amide bonds. The molecule has 2 saturated heterocycles. The smallest absolute Gasteiger partial charge is 0.410 e. The highest BCUT2D eigenvalue weighted by molar-refractivity contribution is 5.72. The van der Waals surface area contributed by atoms with Gasteiger partial charge in [-0.1, -0.05) is 37.3 Å². The van der Waals surface area contributed by atoms with Crippen LogP contribution in [0.5, 0.6) is 0 Å². The lowest BCUT2D eigenvalue weighted by Crippen LogP contribution is -2.48. The van der Waals surface area contributed by atoms with Gasteiger partial charge in [0.15, 0.2) is 0 Å². The van der Waals surface area contributed by atoms with Crippen molar-refractivity contribution in [1.29, 1.82) is 0 Å². The number of carbonyl (C=O) groups is 1. The van der Waals surface area contributed by atoms with E-state index in [9.17, 15) is 4.79 Å². The van der Waals surface area contributed by atoms with Gasteiger partial charge in [0.25, 0.3) is 0 Å². The van der Waals surface area contributed by atoms with Crippen LogP contribution in [-0.2, 0) is 11.2 Å². The predicted octanol–water partition coefficient (Wildman–Crippen LogP) is 3.38. The maximum atomic E-state index is 12.1. The molecule has 2 fully saturated rings. The topological polar surface area (TPSA) is 29.5 Å². The Kier molecular flexibility index (Phi) is 3.21. The average molecular weight is 259 g/mol. The average Bonchev–Trinajstić information content (AvgIpc) is 2.74. The lowest BCUT2D eigenvalue weighted by molar-refractivity contribution is 0.0250. The number of hydrogen-bond donors (Lipinski definition) is 0. The van der Waals surface area contributed by atoms with Gasteiger partial charge in [-0.15, -0.1) is 0 Å². The van der Waals surface area contributed by atoms with Gasteiger partial charge >= 0.3 is 6.09 Å². The number of fused-ring (bicyclic) bond motifs is 1. The Labute approximate surface area is 114 Å². The molecule has 3 heteroatoms. The lowest BCUT2D eigenvalue weighted by atomic mass is 9.81. The molecule has 0 radical (unpaired) electrons. The van der Waals surface area contributed by atoms with Crippen molar-refractivity contribution in [3.8, 4) is 0 Å². The van der Waals surface area contributed by atoms with Crippen LogP contribution in [0.2, 0.25) is 0 Å². The van der Waals surface area contributed by atoms with Gasteiger partial charge in [-0.25, -0.2) is 4.79 Å². The summed E-state index contributed by atoms with van der Waals surface area (Å²) in [7, 11) is 0. The van der Waals surface area contributed by atoms with Gasteiger partial charge in [-0.05, 0) is 31.2 Å². The molecule has 1 aromatic rings. The fourth-order valence-electron chi connectivity index (χ4n) is 3.53. The third-order valence-corrected chi connectivity index (χ3v) is 4.58. The van der Waals surface area contributed by atoms with Crippen molar-refractivity contribution in [2.24, 2.45) is 0 Å². The largest absolute Gasteiger partial charge is 0.440 e. The van der Waals surface area contributed by atoms with E-state index in [4.69, 9.17) is 4.74 Å². The minimum Gasteiger partial charge on any atom is -0.440 e. The van der Waals surface area contributed by atoms with Gasteiger partial charge in [0.2, 0.25) is 0 Å². The molecular weight excluding hydrogens is 238 g/mol. The molecule has 3 rings (SSSR count). The number of hydrogen-bond acceptors (Lipinski definition) is 2. The number of piperidine rings is 1. The Hall–Kier alpha value is -1.51. The van der Waals surface area contributed by atoms with Crippen molar-refractivity contribution < 1.29 is 9.53 Å². The van der Waals surface area contributed by atoms with E-state index < -0.39 is 0 Å². The van der Waals surface area contributed by atoms with Gasteiger partial charge < -0.3 is 9.64 Å². The van der Waals surface area contributed by atoms with E-state index >= 15 is 0 Å². The summed E-state index contributed by atoms with van der Waals surface area (Å²) < 4.78 is 5.84. The van der Waals surface area contributed by atoms with Crippen molar-refractivity contribution in [2.45, 2.75) is 50.7 Å². The first-order valence-electron chi connectivity index (χ1n) is 7.29. The number of cyclic esters (lactones) is 1. The summed E-state index contributed by atoms with van der Waals surface area (Å²) in [6.45, 7) is 2.99. The van der Waals surface area contributed by atoms with Gasteiger partial charge in [0, 0.05) is 13.0 Å². The normalized spacial score (nSPS) is 30.1. The third kappa shape index (κ3) is 2.11. The van der Waals surface area contributed by atoms with Crippen molar-refractivity contribution in [3.63, 3.8) is 0 Å².